The van der Waals surface area contributed by atoms with Crippen LogP contribution in [0.4, 0.5) is 10.1 Å². The van der Waals surface area contributed by atoms with Crippen LogP contribution in [0.1, 0.15) is 29.6 Å². The second-order valence-corrected chi connectivity index (χ2v) is 8.44. The van der Waals surface area contributed by atoms with E-state index in [4.69, 9.17) is 9.47 Å². The molecule has 0 spiro atoms. The van der Waals surface area contributed by atoms with Crippen LogP contribution in [0.3, 0.4) is 0 Å². The molecular weight excluding hydrogens is 451 g/mol. The standard InChI is InChI=1S/C27H29FN2O5/c1-34-24-11-9-21(25(26(24)32)18-6-5-7-20(31)16-18)27(33)29-19-8-10-23(22(28)17-19)35-15-14-30-12-3-2-4-13-30/h5-11,16-17,31-32H,2-4,12-15H2,1H3,(H,29,33). The Morgan fingerprint density at radius 2 is 1.80 bits per heavy atom. The fraction of sp³-hybridized carbons (Fsp3) is 0.296. The lowest BCUT2D eigenvalue weighted by Gasteiger charge is -2.26. The van der Waals surface area contributed by atoms with E-state index in [9.17, 15) is 19.4 Å². The van der Waals surface area contributed by atoms with E-state index in [-0.39, 0.29) is 39.8 Å². The normalized spacial score (nSPS) is 13.9. The number of halogens is 1. The average Bonchev–Trinajstić information content (AvgIpc) is 2.85. The SMILES string of the molecule is COc1ccc(C(=O)Nc2ccc(OCCN3CCCCC3)c(F)c2)c(-c2cccc(O)c2)c1O. The maximum Gasteiger partial charge on any atom is 0.256 e. The van der Waals surface area contributed by atoms with Crippen molar-refractivity contribution in [1.29, 1.82) is 0 Å². The number of likely N-dealkylation sites (tertiary alicyclic amines) is 1. The van der Waals surface area contributed by atoms with Gasteiger partial charge in [-0.2, -0.15) is 0 Å². The second-order valence-electron chi connectivity index (χ2n) is 8.44. The van der Waals surface area contributed by atoms with Gasteiger partial charge in [0.1, 0.15) is 12.4 Å². The highest BCUT2D eigenvalue weighted by Crippen LogP contribution is 2.41. The molecule has 35 heavy (non-hydrogen) atoms. The molecule has 1 aliphatic rings. The van der Waals surface area contributed by atoms with Gasteiger partial charge in [-0.15, -0.1) is 0 Å². The first kappa shape index (κ1) is 24.3. The summed E-state index contributed by atoms with van der Waals surface area (Å²) in [5.74, 6) is -1.09. The minimum Gasteiger partial charge on any atom is -0.508 e. The molecule has 184 valence electrons. The summed E-state index contributed by atoms with van der Waals surface area (Å²) < 4.78 is 25.4. The van der Waals surface area contributed by atoms with E-state index < -0.39 is 11.7 Å². The largest absolute Gasteiger partial charge is 0.508 e. The lowest BCUT2D eigenvalue weighted by molar-refractivity contribution is 0.102. The number of hydrogen-bond donors (Lipinski definition) is 3. The van der Waals surface area contributed by atoms with Gasteiger partial charge in [0.2, 0.25) is 0 Å². The number of benzene rings is 3. The number of aromatic hydroxyl groups is 2. The predicted octanol–water partition coefficient (Wildman–Crippen LogP) is 5.03. The first-order valence-electron chi connectivity index (χ1n) is 11.6. The third-order valence-electron chi connectivity index (χ3n) is 6.04. The Labute approximate surface area is 203 Å². The smallest absolute Gasteiger partial charge is 0.256 e. The van der Waals surface area contributed by atoms with Crippen LogP contribution in [0.2, 0.25) is 0 Å². The summed E-state index contributed by atoms with van der Waals surface area (Å²) in [6.45, 7) is 3.22. The number of phenolic OH excluding ortho intramolecular Hbond substituents is 2. The van der Waals surface area contributed by atoms with Crippen molar-refractivity contribution in [2.75, 3.05) is 38.7 Å². The van der Waals surface area contributed by atoms with Crippen molar-refractivity contribution in [3.8, 4) is 34.1 Å². The number of nitrogens with zero attached hydrogens (tertiary/aromatic N) is 1. The molecule has 1 amide bonds. The van der Waals surface area contributed by atoms with Crippen LogP contribution < -0.4 is 14.8 Å². The van der Waals surface area contributed by atoms with E-state index in [0.717, 1.165) is 19.6 Å². The van der Waals surface area contributed by atoms with E-state index in [1.807, 2.05) is 0 Å². The Bertz CT molecular complexity index is 1190. The first-order chi connectivity index (χ1) is 17.0. The number of nitrogens with one attached hydrogen (secondary N) is 1. The van der Waals surface area contributed by atoms with Gasteiger partial charge in [0.25, 0.3) is 5.91 Å². The van der Waals surface area contributed by atoms with Crippen molar-refractivity contribution in [1.82, 2.24) is 4.90 Å². The highest BCUT2D eigenvalue weighted by molar-refractivity contribution is 6.10. The Morgan fingerprint density at radius 1 is 1.03 bits per heavy atom. The van der Waals surface area contributed by atoms with Gasteiger partial charge in [-0.25, -0.2) is 4.39 Å². The van der Waals surface area contributed by atoms with Gasteiger partial charge in [0, 0.05) is 23.9 Å². The van der Waals surface area contributed by atoms with Crippen LogP contribution in [0, 0.1) is 5.82 Å². The molecule has 3 aromatic carbocycles. The summed E-state index contributed by atoms with van der Waals surface area (Å²) in [6, 6.07) is 13.4. The van der Waals surface area contributed by atoms with Crippen molar-refractivity contribution in [3.63, 3.8) is 0 Å². The topological polar surface area (TPSA) is 91.3 Å². The van der Waals surface area contributed by atoms with E-state index in [1.165, 1.54) is 62.8 Å². The fourth-order valence-corrected chi connectivity index (χ4v) is 4.24. The lowest BCUT2D eigenvalue weighted by atomic mass is 9.97. The molecule has 1 heterocycles. The number of carbonyl (C=O) groups excluding carboxylic acids is 1. The number of methoxy groups -OCH3 is 1. The predicted molar refractivity (Wildman–Crippen MR) is 132 cm³/mol. The van der Waals surface area contributed by atoms with Crippen molar-refractivity contribution < 1.29 is 28.9 Å². The summed E-state index contributed by atoms with van der Waals surface area (Å²) in [6.07, 6.45) is 3.62. The molecule has 0 radical (unpaired) electrons. The number of rotatable bonds is 8. The molecule has 3 aromatic rings. The van der Waals surface area contributed by atoms with Crippen LogP contribution in [0.15, 0.2) is 54.6 Å². The summed E-state index contributed by atoms with van der Waals surface area (Å²) in [4.78, 5) is 15.4. The maximum absolute atomic E-state index is 14.6. The van der Waals surface area contributed by atoms with E-state index in [1.54, 1.807) is 18.2 Å². The highest BCUT2D eigenvalue weighted by atomic mass is 19.1. The molecule has 8 heteroatoms. The molecule has 0 saturated carbocycles. The number of hydrogen-bond acceptors (Lipinski definition) is 6. The molecule has 0 unspecified atom stereocenters. The molecule has 1 fully saturated rings. The summed E-state index contributed by atoms with van der Waals surface area (Å²) >= 11 is 0. The number of piperidine rings is 1. The molecule has 0 atom stereocenters. The van der Waals surface area contributed by atoms with Gasteiger partial charge < -0.3 is 25.0 Å². The van der Waals surface area contributed by atoms with Crippen molar-refractivity contribution in [2.24, 2.45) is 0 Å². The van der Waals surface area contributed by atoms with Gasteiger partial charge in [0.05, 0.1) is 12.7 Å². The van der Waals surface area contributed by atoms with Crippen LogP contribution in [-0.2, 0) is 0 Å². The Kier molecular flexibility index (Phi) is 7.72. The summed E-state index contributed by atoms with van der Waals surface area (Å²) in [5.41, 5.74) is 0.996. The minimum atomic E-state index is -0.577. The summed E-state index contributed by atoms with van der Waals surface area (Å²) in [5, 5.41) is 23.3. The van der Waals surface area contributed by atoms with Crippen LogP contribution in [0.5, 0.6) is 23.0 Å². The molecule has 0 aromatic heterocycles. The van der Waals surface area contributed by atoms with Gasteiger partial charge in [-0.3, -0.25) is 9.69 Å². The van der Waals surface area contributed by atoms with Gasteiger partial charge in [0.15, 0.2) is 23.1 Å². The maximum atomic E-state index is 14.6. The van der Waals surface area contributed by atoms with E-state index >= 15 is 0 Å². The lowest BCUT2D eigenvalue weighted by Crippen LogP contribution is -2.33. The van der Waals surface area contributed by atoms with Gasteiger partial charge in [-0.05, 0) is 67.9 Å². The molecule has 1 saturated heterocycles. The zero-order valence-corrected chi connectivity index (χ0v) is 19.6. The summed E-state index contributed by atoms with van der Waals surface area (Å²) in [7, 11) is 1.40. The van der Waals surface area contributed by atoms with Crippen LogP contribution >= 0.6 is 0 Å². The Hall–Kier alpha value is -3.78. The third-order valence-corrected chi connectivity index (χ3v) is 6.04. The number of carbonyl (C=O) groups is 1. The molecule has 0 bridgehead atoms. The first-order valence-corrected chi connectivity index (χ1v) is 11.6. The van der Waals surface area contributed by atoms with Crippen molar-refractivity contribution >= 4 is 11.6 Å². The molecule has 7 nitrogen and oxygen atoms in total. The fourth-order valence-electron chi connectivity index (χ4n) is 4.24. The molecular formula is C27H29FN2O5. The van der Waals surface area contributed by atoms with Crippen molar-refractivity contribution in [2.45, 2.75) is 19.3 Å². The van der Waals surface area contributed by atoms with Crippen molar-refractivity contribution in [3.05, 3.63) is 66.0 Å². The molecule has 3 N–H and O–H groups in total. The van der Waals surface area contributed by atoms with E-state index in [2.05, 4.69) is 10.2 Å². The Balaban J connectivity index is 1.49. The monoisotopic (exact) mass is 480 g/mol. The molecule has 0 aliphatic carbocycles. The molecule has 4 rings (SSSR count). The third kappa shape index (κ3) is 5.84. The zero-order valence-electron chi connectivity index (χ0n) is 19.6. The average molecular weight is 481 g/mol. The number of phenols is 2. The number of anilines is 1. The number of amides is 1. The van der Waals surface area contributed by atoms with Gasteiger partial charge >= 0.3 is 0 Å². The highest BCUT2D eigenvalue weighted by Gasteiger charge is 2.21. The van der Waals surface area contributed by atoms with E-state index in [0.29, 0.717) is 12.2 Å². The van der Waals surface area contributed by atoms with Crippen LogP contribution in [0.25, 0.3) is 11.1 Å². The van der Waals surface area contributed by atoms with Crippen LogP contribution in [-0.4, -0.2) is 54.4 Å². The second kappa shape index (κ2) is 11.1. The quantitative estimate of drug-likeness (QED) is 0.419. The van der Waals surface area contributed by atoms with Gasteiger partial charge in [-0.1, -0.05) is 18.6 Å². The Morgan fingerprint density at radius 3 is 2.51 bits per heavy atom. The zero-order chi connectivity index (χ0) is 24.8. The minimum absolute atomic E-state index is 0.0194. The number of ether oxygens (including phenoxy) is 2. The molecule has 1 aliphatic heterocycles.